The first kappa shape index (κ1) is 10.1. The summed E-state index contributed by atoms with van der Waals surface area (Å²) >= 11 is 6.90. The molecule has 0 radical (unpaired) electrons. The zero-order chi connectivity index (χ0) is 10.2. The van der Waals surface area contributed by atoms with E-state index >= 15 is 0 Å². The monoisotopic (exact) mass is 342 g/mol. The molecule has 0 aromatic rings. The first-order valence-corrected chi connectivity index (χ1v) is 8.57. The van der Waals surface area contributed by atoms with Crippen LogP contribution in [0.4, 0.5) is 0 Å². The number of hydrogen-bond acceptors (Lipinski definition) is 2. The Morgan fingerprint density at radius 1 is 1.29 bits per heavy atom. The lowest BCUT2D eigenvalue weighted by atomic mass is 9.88. The van der Waals surface area contributed by atoms with Crippen LogP contribution >= 0.6 is 31.9 Å². The second kappa shape index (κ2) is 2.59. The van der Waals surface area contributed by atoms with Crippen LogP contribution in [0.5, 0.6) is 0 Å². The average Bonchev–Trinajstić information content (AvgIpc) is 2.91. The zero-order valence-corrected chi connectivity index (χ0v) is 11.7. The Morgan fingerprint density at radius 2 is 1.86 bits per heavy atom. The molecule has 3 aliphatic rings. The molecule has 3 rings (SSSR count). The summed E-state index contributed by atoms with van der Waals surface area (Å²) in [4.78, 5) is 0. The summed E-state index contributed by atoms with van der Waals surface area (Å²) in [6.45, 7) is 0. The second-order valence-electron chi connectivity index (χ2n) is 4.61. The summed E-state index contributed by atoms with van der Waals surface area (Å²) in [6.07, 6.45) is 3.42. The van der Waals surface area contributed by atoms with Gasteiger partial charge in [-0.25, -0.2) is 8.42 Å². The Kier molecular flexibility index (Phi) is 1.87. The van der Waals surface area contributed by atoms with Gasteiger partial charge in [0.25, 0.3) is 0 Å². The number of rotatable bonds is 3. The molecular weight excluding hydrogens is 332 g/mol. The number of fused-ring (bicyclic) bond motifs is 2. The van der Waals surface area contributed by atoms with E-state index in [2.05, 4.69) is 31.9 Å². The van der Waals surface area contributed by atoms with Crippen LogP contribution in [-0.4, -0.2) is 28.6 Å². The van der Waals surface area contributed by atoms with Crippen molar-refractivity contribution in [3.8, 4) is 0 Å². The second-order valence-corrected chi connectivity index (χ2v) is 9.02. The van der Waals surface area contributed by atoms with Crippen molar-refractivity contribution >= 4 is 41.7 Å². The van der Waals surface area contributed by atoms with Crippen molar-refractivity contribution in [3.05, 3.63) is 0 Å². The molecule has 2 nitrogen and oxygen atoms in total. The number of hydrogen-bond donors (Lipinski definition) is 0. The van der Waals surface area contributed by atoms with Crippen LogP contribution in [-0.2, 0) is 9.84 Å². The van der Waals surface area contributed by atoms with Gasteiger partial charge in [0.1, 0.15) is 0 Å². The highest BCUT2D eigenvalue weighted by molar-refractivity contribution is 9.10. The van der Waals surface area contributed by atoms with Crippen LogP contribution in [0, 0.1) is 11.8 Å². The standard InChI is InChI=1S/C9H12Br2O2S/c10-4-5-14(12,13)9-6-2-1-3-7(9)8(6,9)11/h6-7H,1-5H2. The lowest BCUT2D eigenvalue weighted by Crippen LogP contribution is -2.31. The third-order valence-corrected chi connectivity index (χ3v) is 9.95. The van der Waals surface area contributed by atoms with Crippen LogP contribution in [0.1, 0.15) is 19.3 Å². The van der Waals surface area contributed by atoms with Gasteiger partial charge in [-0.1, -0.05) is 38.3 Å². The van der Waals surface area contributed by atoms with Gasteiger partial charge in [-0.15, -0.1) is 0 Å². The third kappa shape index (κ3) is 0.766. The molecular formula is C9H12Br2O2S. The maximum Gasteiger partial charge on any atom is 0.158 e. The summed E-state index contributed by atoms with van der Waals surface area (Å²) in [5, 5.41) is 0.569. The van der Waals surface area contributed by atoms with Gasteiger partial charge in [0.05, 0.1) is 14.8 Å². The number of alkyl halides is 2. The van der Waals surface area contributed by atoms with E-state index in [9.17, 15) is 8.42 Å². The van der Waals surface area contributed by atoms with Crippen LogP contribution < -0.4 is 0 Å². The summed E-state index contributed by atoms with van der Waals surface area (Å²) in [5.41, 5.74) is 0. The molecule has 3 fully saturated rings. The van der Waals surface area contributed by atoms with Crippen molar-refractivity contribution < 1.29 is 8.42 Å². The van der Waals surface area contributed by atoms with Crippen LogP contribution in [0.15, 0.2) is 0 Å². The van der Waals surface area contributed by atoms with E-state index < -0.39 is 9.84 Å². The zero-order valence-electron chi connectivity index (χ0n) is 7.67. The van der Waals surface area contributed by atoms with Crippen molar-refractivity contribution in [2.75, 3.05) is 11.1 Å². The molecule has 5 heteroatoms. The molecule has 80 valence electrons. The van der Waals surface area contributed by atoms with Gasteiger partial charge in [0, 0.05) is 5.33 Å². The van der Waals surface area contributed by atoms with E-state index in [-0.39, 0.29) is 9.07 Å². The Balaban J connectivity index is 1.96. The van der Waals surface area contributed by atoms with E-state index in [1.54, 1.807) is 0 Å². The minimum Gasteiger partial charge on any atom is -0.228 e. The van der Waals surface area contributed by atoms with Gasteiger partial charge in [0.2, 0.25) is 0 Å². The Labute approximate surface area is 101 Å². The summed E-state index contributed by atoms with van der Waals surface area (Å²) in [7, 11) is -2.87. The Bertz CT molecular complexity index is 378. The summed E-state index contributed by atoms with van der Waals surface area (Å²) in [5.74, 6) is 1.16. The summed E-state index contributed by atoms with van der Waals surface area (Å²) < 4.78 is 23.9. The van der Waals surface area contributed by atoms with Crippen LogP contribution in [0.2, 0.25) is 0 Å². The molecule has 0 saturated heterocycles. The molecule has 3 aliphatic carbocycles. The third-order valence-electron chi connectivity index (χ3n) is 4.33. The van der Waals surface area contributed by atoms with Crippen LogP contribution in [0.3, 0.4) is 0 Å². The van der Waals surface area contributed by atoms with Gasteiger partial charge in [-0.2, -0.15) is 0 Å². The van der Waals surface area contributed by atoms with Gasteiger partial charge in [-0.05, 0) is 24.7 Å². The fraction of sp³-hybridized carbons (Fsp3) is 1.00. The fourth-order valence-electron chi connectivity index (χ4n) is 3.77. The van der Waals surface area contributed by atoms with E-state index in [1.807, 2.05) is 0 Å². The Morgan fingerprint density at radius 3 is 2.29 bits per heavy atom. The van der Waals surface area contributed by atoms with Gasteiger partial charge in [-0.3, -0.25) is 0 Å². The predicted octanol–water partition coefficient (Wildman–Crippen LogP) is 2.11. The number of sulfone groups is 1. The van der Waals surface area contributed by atoms with Crippen molar-refractivity contribution in [1.82, 2.24) is 0 Å². The molecule has 2 unspecified atom stereocenters. The molecule has 3 saturated carbocycles. The predicted molar refractivity (Wildman–Crippen MR) is 62.8 cm³/mol. The SMILES string of the molecule is O=S(=O)(CCBr)C12C3CCCC1C32Br. The molecule has 0 spiro atoms. The summed E-state index contributed by atoms with van der Waals surface area (Å²) in [6, 6.07) is 0. The van der Waals surface area contributed by atoms with Gasteiger partial charge in [0.15, 0.2) is 9.84 Å². The van der Waals surface area contributed by atoms with E-state index in [0.717, 1.165) is 12.8 Å². The Hall–Kier alpha value is 0.910. The fourth-order valence-corrected chi connectivity index (χ4v) is 10.3. The highest BCUT2D eigenvalue weighted by atomic mass is 79.9. The first-order valence-electron chi connectivity index (χ1n) is 5.00. The van der Waals surface area contributed by atoms with Crippen molar-refractivity contribution in [2.24, 2.45) is 11.8 Å². The highest BCUT2D eigenvalue weighted by Crippen LogP contribution is 2.92. The van der Waals surface area contributed by atoms with Crippen molar-refractivity contribution in [1.29, 1.82) is 0 Å². The molecule has 0 aliphatic heterocycles. The lowest BCUT2D eigenvalue weighted by Gasteiger charge is -2.25. The first-order chi connectivity index (χ1) is 6.53. The molecule has 0 N–H and O–H groups in total. The molecule has 14 heavy (non-hydrogen) atoms. The maximum atomic E-state index is 12.1. The minimum atomic E-state index is -2.87. The van der Waals surface area contributed by atoms with Crippen LogP contribution in [0.25, 0.3) is 0 Å². The molecule has 0 amide bonds. The largest absolute Gasteiger partial charge is 0.228 e. The minimum absolute atomic E-state index is 0.0131. The van der Waals surface area contributed by atoms with Crippen molar-refractivity contribution in [3.63, 3.8) is 0 Å². The van der Waals surface area contributed by atoms with Gasteiger partial charge >= 0.3 is 0 Å². The molecule has 2 atom stereocenters. The van der Waals surface area contributed by atoms with Crippen molar-refractivity contribution in [2.45, 2.75) is 28.3 Å². The van der Waals surface area contributed by atoms with Gasteiger partial charge < -0.3 is 0 Å². The molecule has 0 bridgehead atoms. The van der Waals surface area contributed by atoms with E-state index in [4.69, 9.17) is 0 Å². The molecule has 0 heterocycles. The smallest absolute Gasteiger partial charge is 0.158 e. The molecule has 0 aromatic heterocycles. The quantitative estimate of drug-likeness (QED) is 0.735. The lowest BCUT2D eigenvalue weighted by molar-refractivity contribution is 0.358. The maximum absolute atomic E-state index is 12.1. The number of halogens is 2. The average molecular weight is 344 g/mol. The highest BCUT2D eigenvalue weighted by Gasteiger charge is 3.02. The topological polar surface area (TPSA) is 34.1 Å². The van der Waals surface area contributed by atoms with E-state index in [0.29, 0.717) is 22.9 Å². The van der Waals surface area contributed by atoms with E-state index in [1.165, 1.54) is 6.42 Å². The molecule has 0 aromatic carbocycles. The normalized spacial score (nSPS) is 53.9.